The van der Waals surface area contributed by atoms with E-state index in [4.69, 9.17) is 22.1 Å². The van der Waals surface area contributed by atoms with E-state index in [1.54, 1.807) is 28.8 Å². The largest absolute Gasteiger partial charge is 0.440 e. The van der Waals surface area contributed by atoms with E-state index < -0.39 is 5.92 Å². The molecule has 2 heterocycles. The lowest BCUT2D eigenvalue weighted by atomic mass is 9.84. The third-order valence-corrected chi connectivity index (χ3v) is 4.42. The molecule has 1 aromatic carbocycles. The van der Waals surface area contributed by atoms with E-state index >= 15 is 0 Å². The summed E-state index contributed by atoms with van der Waals surface area (Å²) in [6.45, 7) is 4.26. The Bertz CT molecular complexity index is 954. The van der Waals surface area contributed by atoms with Crippen molar-refractivity contribution in [2.24, 2.45) is 5.73 Å². The van der Waals surface area contributed by atoms with Crippen LogP contribution < -0.4 is 16.0 Å². The number of benzene rings is 1. The van der Waals surface area contributed by atoms with Crippen LogP contribution in [-0.2, 0) is 6.54 Å². The SMILES string of the molecule is CCn1c(C)cc2c(c1=O)[C@@H](c1cccc(Cl)c1)C(C#N)=C(N)O2. The summed E-state index contributed by atoms with van der Waals surface area (Å²) >= 11 is 6.10. The molecule has 0 amide bonds. The Balaban J connectivity index is 2.36. The Hall–Kier alpha value is -2.71. The van der Waals surface area contributed by atoms with Gasteiger partial charge >= 0.3 is 0 Å². The van der Waals surface area contributed by atoms with Crippen LogP contribution in [0.2, 0.25) is 5.02 Å². The molecule has 0 saturated carbocycles. The minimum Gasteiger partial charge on any atom is -0.440 e. The lowest BCUT2D eigenvalue weighted by molar-refractivity contribution is 0.388. The number of ether oxygens (including phenoxy) is 1. The maximum atomic E-state index is 13.0. The summed E-state index contributed by atoms with van der Waals surface area (Å²) < 4.78 is 7.22. The Morgan fingerprint density at radius 2 is 2.17 bits per heavy atom. The third-order valence-electron chi connectivity index (χ3n) is 4.19. The summed E-state index contributed by atoms with van der Waals surface area (Å²) in [6.07, 6.45) is 0. The van der Waals surface area contributed by atoms with Crippen LogP contribution in [0.4, 0.5) is 0 Å². The van der Waals surface area contributed by atoms with Crippen LogP contribution in [0.25, 0.3) is 0 Å². The topological polar surface area (TPSA) is 81.0 Å². The standard InChI is InChI=1S/C18H16ClN3O2/c1-3-22-10(2)7-14-16(18(22)23)15(13(9-20)17(21)24-14)11-5-4-6-12(19)8-11/h4-8,15H,3,21H2,1-2H3/t15-/m0/s1. The van der Waals surface area contributed by atoms with Crippen LogP contribution in [0.1, 0.15) is 29.7 Å². The Kier molecular flexibility index (Phi) is 4.08. The van der Waals surface area contributed by atoms with E-state index in [9.17, 15) is 10.1 Å². The Morgan fingerprint density at radius 1 is 1.42 bits per heavy atom. The number of aromatic nitrogens is 1. The van der Waals surface area contributed by atoms with E-state index in [1.165, 1.54) is 0 Å². The lowest BCUT2D eigenvalue weighted by Gasteiger charge is -2.27. The van der Waals surface area contributed by atoms with Crippen molar-refractivity contribution in [2.75, 3.05) is 0 Å². The maximum absolute atomic E-state index is 13.0. The van der Waals surface area contributed by atoms with Crippen LogP contribution in [0.3, 0.4) is 0 Å². The number of hydrogen-bond donors (Lipinski definition) is 1. The van der Waals surface area contributed by atoms with Gasteiger partial charge in [0.25, 0.3) is 5.56 Å². The van der Waals surface area contributed by atoms with E-state index in [1.807, 2.05) is 19.9 Å². The molecule has 0 unspecified atom stereocenters. The molecule has 24 heavy (non-hydrogen) atoms. The van der Waals surface area contributed by atoms with Gasteiger partial charge in [0.15, 0.2) is 0 Å². The zero-order valence-corrected chi connectivity index (χ0v) is 14.1. The van der Waals surface area contributed by atoms with Crippen LogP contribution in [0, 0.1) is 18.3 Å². The molecule has 5 nitrogen and oxygen atoms in total. The van der Waals surface area contributed by atoms with Gasteiger partial charge in [-0.3, -0.25) is 4.79 Å². The number of fused-ring (bicyclic) bond motifs is 1. The second kappa shape index (κ2) is 6.06. The lowest BCUT2D eigenvalue weighted by Crippen LogP contribution is -2.32. The third kappa shape index (κ3) is 2.45. The highest BCUT2D eigenvalue weighted by molar-refractivity contribution is 6.30. The maximum Gasteiger partial charge on any atom is 0.258 e. The van der Waals surface area contributed by atoms with Crippen molar-refractivity contribution >= 4 is 11.6 Å². The van der Waals surface area contributed by atoms with Crippen LogP contribution >= 0.6 is 11.6 Å². The molecular formula is C18H16ClN3O2. The zero-order valence-electron chi connectivity index (χ0n) is 13.3. The number of allylic oxidation sites excluding steroid dienone is 1. The molecule has 0 spiro atoms. The fraction of sp³-hybridized carbons (Fsp3) is 0.222. The molecule has 1 aliphatic rings. The molecule has 1 aromatic heterocycles. The first kappa shape index (κ1) is 16.2. The molecule has 2 N–H and O–H groups in total. The van der Waals surface area contributed by atoms with Gasteiger partial charge in [-0.1, -0.05) is 23.7 Å². The van der Waals surface area contributed by atoms with E-state index in [0.29, 0.717) is 22.9 Å². The predicted octanol–water partition coefficient (Wildman–Crippen LogP) is 3.05. The average Bonchev–Trinajstić information content (AvgIpc) is 2.54. The molecule has 2 aromatic rings. The molecule has 1 aliphatic heterocycles. The van der Waals surface area contributed by atoms with Gasteiger partial charge in [-0.25, -0.2) is 0 Å². The number of rotatable bonds is 2. The van der Waals surface area contributed by atoms with Gasteiger partial charge in [0.1, 0.15) is 17.4 Å². The minimum absolute atomic E-state index is 0.0167. The number of nitriles is 1. The van der Waals surface area contributed by atoms with Crippen LogP contribution in [-0.4, -0.2) is 4.57 Å². The van der Waals surface area contributed by atoms with Crippen molar-refractivity contribution in [2.45, 2.75) is 26.3 Å². The molecule has 0 radical (unpaired) electrons. The molecule has 0 bridgehead atoms. The monoisotopic (exact) mass is 341 g/mol. The molecular weight excluding hydrogens is 326 g/mol. The van der Waals surface area contributed by atoms with Gasteiger partial charge in [0.2, 0.25) is 5.88 Å². The van der Waals surface area contributed by atoms with Gasteiger partial charge < -0.3 is 15.0 Å². The molecule has 0 fully saturated rings. The fourth-order valence-electron chi connectivity index (χ4n) is 3.10. The second-order valence-corrected chi connectivity index (χ2v) is 6.03. The van der Waals surface area contributed by atoms with Gasteiger partial charge in [0.05, 0.1) is 11.5 Å². The normalized spacial score (nSPS) is 16.3. The smallest absolute Gasteiger partial charge is 0.258 e. The number of nitrogens with zero attached hydrogens (tertiary/aromatic N) is 2. The van der Waals surface area contributed by atoms with Crippen molar-refractivity contribution in [3.63, 3.8) is 0 Å². The summed E-state index contributed by atoms with van der Waals surface area (Å²) in [7, 11) is 0. The van der Waals surface area contributed by atoms with E-state index in [2.05, 4.69) is 6.07 Å². The van der Waals surface area contributed by atoms with Crippen molar-refractivity contribution in [3.05, 3.63) is 74.0 Å². The highest BCUT2D eigenvalue weighted by Crippen LogP contribution is 2.40. The highest BCUT2D eigenvalue weighted by atomic mass is 35.5. The first-order valence-corrected chi connectivity index (χ1v) is 7.93. The summed E-state index contributed by atoms with van der Waals surface area (Å²) in [5.41, 5.74) is 7.89. The van der Waals surface area contributed by atoms with Crippen molar-refractivity contribution in [3.8, 4) is 11.8 Å². The molecule has 1 atom stereocenters. The van der Waals surface area contributed by atoms with Crippen molar-refractivity contribution < 1.29 is 4.74 Å². The Labute approximate surface area is 144 Å². The highest BCUT2D eigenvalue weighted by Gasteiger charge is 2.34. The number of hydrogen-bond acceptors (Lipinski definition) is 4. The number of halogens is 1. The second-order valence-electron chi connectivity index (χ2n) is 5.59. The van der Waals surface area contributed by atoms with Crippen molar-refractivity contribution in [1.82, 2.24) is 4.57 Å². The van der Waals surface area contributed by atoms with Crippen LogP contribution in [0.15, 0.2) is 46.6 Å². The molecule has 122 valence electrons. The zero-order chi connectivity index (χ0) is 17.4. The number of nitrogens with two attached hydrogens (primary N) is 1. The summed E-state index contributed by atoms with van der Waals surface area (Å²) in [4.78, 5) is 13.0. The minimum atomic E-state index is -0.594. The molecule has 3 rings (SSSR count). The predicted molar refractivity (Wildman–Crippen MR) is 91.9 cm³/mol. The van der Waals surface area contributed by atoms with Gasteiger partial charge in [-0.2, -0.15) is 5.26 Å². The van der Waals surface area contributed by atoms with E-state index in [-0.39, 0.29) is 17.0 Å². The first-order chi connectivity index (χ1) is 11.5. The number of aryl methyl sites for hydroxylation is 1. The summed E-state index contributed by atoms with van der Waals surface area (Å²) in [6, 6.07) is 10.9. The van der Waals surface area contributed by atoms with Crippen molar-refractivity contribution in [1.29, 1.82) is 5.26 Å². The van der Waals surface area contributed by atoms with Crippen LogP contribution in [0.5, 0.6) is 5.75 Å². The molecule has 6 heteroatoms. The first-order valence-electron chi connectivity index (χ1n) is 7.55. The van der Waals surface area contributed by atoms with Gasteiger partial charge in [-0.05, 0) is 31.5 Å². The quantitative estimate of drug-likeness (QED) is 0.910. The molecule has 0 aliphatic carbocycles. The average molecular weight is 342 g/mol. The van der Waals surface area contributed by atoms with Gasteiger partial charge in [0, 0.05) is 23.3 Å². The summed E-state index contributed by atoms with van der Waals surface area (Å²) in [5, 5.41) is 10.1. The number of pyridine rings is 1. The van der Waals surface area contributed by atoms with Gasteiger partial charge in [-0.15, -0.1) is 0 Å². The van der Waals surface area contributed by atoms with E-state index in [0.717, 1.165) is 11.3 Å². The molecule has 0 saturated heterocycles. The summed E-state index contributed by atoms with van der Waals surface area (Å²) in [5.74, 6) is -0.185. The Morgan fingerprint density at radius 3 is 2.79 bits per heavy atom. The fourth-order valence-corrected chi connectivity index (χ4v) is 3.30.